The number of hydrogen-bond acceptors (Lipinski definition) is 3. The summed E-state index contributed by atoms with van der Waals surface area (Å²) >= 11 is 5.81. The summed E-state index contributed by atoms with van der Waals surface area (Å²) in [6.07, 6.45) is 0. The third-order valence-electron chi connectivity index (χ3n) is 2.02. The van der Waals surface area contributed by atoms with Gasteiger partial charge in [0.1, 0.15) is 0 Å². The van der Waals surface area contributed by atoms with E-state index in [4.69, 9.17) is 17.3 Å². The highest BCUT2D eigenvalue weighted by Gasteiger charge is 2.12. The van der Waals surface area contributed by atoms with Crippen LogP contribution in [0.3, 0.4) is 0 Å². The minimum atomic E-state index is -0.363. The van der Waals surface area contributed by atoms with Crippen molar-refractivity contribution in [2.75, 3.05) is 18.4 Å². The van der Waals surface area contributed by atoms with Gasteiger partial charge in [-0.15, -0.1) is 12.4 Å². The second-order valence-corrected chi connectivity index (χ2v) is 3.74. The van der Waals surface area contributed by atoms with Crippen molar-refractivity contribution in [3.63, 3.8) is 0 Å². The van der Waals surface area contributed by atoms with Crippen molar-refractivity contribution in [1.82, 2.24) is 5.32 Å². The number of nitrogens with one attached hydrogen (secondary N) is 2. The largest absolute Gasteiger partial charge is 0.352 e. The molecule has 0 saturated heterocycles. The standard InChI is InChI=1S/C11H14ClN3O2.ClH/c1-2-14-11(17)8-5-7(12)3-4-9(8)15-10(16)6-13;/h3-5H,2,6,13H2,1H3,(H,14,17)(H,15,16);1H. The topological polar surface area (TPSA) is 84.2 Å². The number of benzene rings is 1. The van der Waals surface area contributed by atoms with E-state index >= 15 is 0 Å². The van der Waals surface area contributed by atoms with Crippen molar-refractivity contribution in [2.45, 2.75) is 6.92 Å². The monoisotopic (exact) mass is 291 g/mol. The average molecular weight is 292 g/mol. The smallest absolute Gasteiger partial charge is 0.253 e. The molecule has 0 aliphatic carbocycles. The van der Waals surface area contributed by atoms with E-state index in [1.807, 2.05) is 0 Å². The van der Waals surface area contributed by atoms with Crippen LogP contribution in [-0.4, -0.2) is 24.9 Å². The Morgan fingerprint density at radius 3 is 2.61 bits per heavy atom. The molecule has 100 valence electrons. The highest BCUT2D eigenvalue weighted by molar-refractivity contribution is 6.31. The number of rotatable bonds is 4. The lowest BCUT2D eigenvalue weighted by Crippen LogP contribution is -2.27. The molecule has 0 unspecified atom stereocenters. The van der Waals surface area contributed by atoms with Gasteiger partial charge in [0.2, 0.25) is 5.91 Å². The number of anilines is 1. The lowest BCUT2D eigenvalue weighted by atomic mass is 10.1. The molecule has 0 bridgehead atoms. The van der Waals surface area contributed by atoms with Crippen LogP contribution in [0.25, 0.3) is 0 Å². The van der Waals surface area contributed by atoms with E-state index in [0.717, 1.165) is 0 Å². The van der Waals surface area contributed by atoms with Crippen LogP contribution in [-0.2, 0) is 4.79 Å². The van der Waals surface area contributed by atoms with Crippen LogP contribution in [0.1, 0.15) is 17.3 Å². The molecule has 0 aliphatic rings. The maximum atomic E-state index is 11.7. The lowest BCUT2D eigenvalue weighted by Gasteiger charge is -2.10. The predicted octanol–water partition coefficient (Wildman–Crippen LogP) is 1.41. The predicted molar refractivity (Wildman–Crippen MR) is 74.4 cm³/mol. The molecule has 0 aliphatic heterocycles. The number of halogens is 2. The zero-order valence-corrected chi connectivity index (χ0v) is 11.4. The molecule has 0 heterocycles. The summed E-state index contributed by atoms with van der Waals surface area (Å²) < 4.78 is 0. The first-order valence-electron chi connectivity index (χ1n) is 5.16. The van der Waals surface area contributed by atoms with Crippen LogP contribution < -0.4 is 16.4 Å². The molecule has 0 radical (unpaired) electrons. The van der Waals surface area contributed by atoms with Crippen molar-refractivity contribution in [3.05, 3.63) is 28.8 Å². The number of carbonyl (C=O) groups is 2. The fourth-order valence-electron chi connectivity index (χ4n) is 1.27. The van der Waals surface area contributed by atoms with Gasteiger partial charge < -0.3 is 16.4 Å². The van der Waals surface area contributed by atoms with E-state index in [-0.39, 0.29) is 30.8 Å². The van der Waals surface area contributed by atoms with Gasteiger partial charge in [0.05, 0.1) is 17.8 Å². The number of amides is 2. The van der Waals surface area contributed by atoms with Gasteiger partial charge in [-0.2, -0.15) is 0 Å². The zero-order valence-electron chi connectivity index (χ0n) is 9.83. The van der Waals surface area contributed by atoms with Gasteiger partial charge in [-0.25, -0.2) is 0 Å². The third-order valence-corrected chi connectivity index (χ3v) is 2.26. The second-order valence-electron chi connectivity index (χ2n) is 3.30. The van der Waals surface area contributed by atoms with E-state index in [9.17, 15) is 9.59 Å². The first-order valence-corrected chi connectivity index (χ1v) is 5.54. The van der Waals surface area contributed by atoms with E-state index in [1.54, 1.807) is 19.1 Å². The van der Waals surface area contributed by atoms with Crippen LogP contribution in [0, 0.1) is 0 Å². The molecule has 18 heavy (non-hydrogen) atoms. The van der Waals surface area contributed by atoms with Crippen molar-refractivity contribution < 1.29 is 9.59 Å². The van der Waals surface area contributed by atoms with Gasteiger partial charge in [0, 0.05) is 11.6 Å². The molecule has 1 aromatic carbocycles. The van der Waals surface area contributed by atoms with E-state index < -0.39 is 0 Å². The molecule has 5 nitrogen and oxygen atoms in total. The summed E-state index contributed by atoms with van der Waals surface area (Å²) in [4.78, 5) is 22.9. The molecule has 1 aromatic rings. The Bertz CT molecular complexity index is 438. The number of hydrogen-bond donors (Lipinski definition) is 3. The molecule has 2 amide bonds. The van der Waals surface area contributed by atoms with E-state index in [0.29, 0.717) is 22.8 Å². The van der Waals surface area contributed by atoms with Crippen molar-refractivity contribution in [1.29, 1.82) is 0 Å². The SMILES string of the molecule is CCNC(=O)c1cc(Cl)ccc1NC(=O)CN.Cl. The molecular weight excluding hydrogens is 277 g/mol. The van der Waals surface area contributed by atoms with Gasteiger partial charge in [0.25, 0.3) is 5.91 Å². The molecule has 1 rings (SSSR count). The van der Waals surface area contributed by atoms with Crippen LogP contribution in [0.2, 0.25) is 5.02 Å². The van der Waals surface area contributed by atoms with E-state index in [1.165, 1.54) is 6.07 Å². The lowest BCUT2D eigenvalue weighted by molar-refractivity contribution is -0.114. The third kappa shape index (κ3) is 4.52. The fraction of sp³-hybridized carbons (Fsp3) is 0.273. The first-order chi connectivity index (χ1) is 8.08. The number of nitrogens with two attached hydrogens (primary N) is 1. The van der Waals surface area contributed by atoms with Gasteiger partial charge >= 0.3 is 0 Å². The number of carbonyl (C=O) groups excluding carboxylic acids is 2. The molecule has 0 fully saturated rings. The summed E-state index contributed by atoms with van der Waals surface area (Å²) in [6.45, 7) is 2.16. The van der Waals surface area contributed by atoms with Crippen LogP contribution >= 0.6 is 24.0 Å². The van der Waals surface area contributed by atoms with Gasteiger partial charge in [-0.3, -0.25) is 9.59 Å². The highest BCUT2D eigenvalue weighted by atomic mass is 35.5. The molecule has 0 atom stereocenters. The maximum Gasteiger partial charge on any atom is 0.253 e. The quantitative estimate of drug-likeness (QED) is 0.784. The Balaban J connectivity index is 0.00000289. The molecule has 7 heteroatoms. The average Bonchev–Trinajstić information content (AvgIpc) is 2.31. The minimum absolute atomic E-state index is 0. The Morgan fingerprint density at radius 1 is 1.39 bits per heavy atom. The summed E-state index contributed by atoms with van der Waals surface area (Å²) in [5, 5.41) is 5.61. The van der Waals surface area contributed by atoms with Crippen molar-refractivity contribution in [3.8, 4) is 0 Å². The Labute approximate surface area is 116 Å². The molecule has 0 spiro atoms. The zero-order chi connectivity index (χ0) is 12.8. The summed E-state index contributed by atoms with van der Waals surface area (Å²) in [7, 11) is 0. The van der Waals surface area contributed by atoms with Crippen LogP contribution in [0.4, 0.5) is 5.69 Å². The normalized spacial score (nSPS) is 9.28. The van der Waals surface area contributed by atoms with Crippen LogP contribution in [0.15, 0.2) is 18.2 Å². The Hall–Kier alpha value is -1.30. The van der Waals surface area contributed by atoms with Crippen LogP contribution in [0.5, 0.6) is 0 Å². The molecule has 0 saturated carbocycles. The Kier molecular flexibility index (Phi) is 7.35. The van der Waals surface area contributed by atoms with Crippen molar-refractivity contribution >= 4 is 41.5 Å². The Morgan fingerprint density at radius 2 is 2.06 bits per heavy atom. The molecule has 4 N–H and O–H groups in total. The molecular formula is C11H15Cl2N3O2. The minimum Gasteiger partial charge on any atom is -0.352 e. The molecule has 0 aromatic heterocycles. The second kappa shape index (κ2) is 7.92. The maximum absolute atomic E-state index is 11.7. The van der Waals surface area contributed by atoms with Gasteiger partial charge in [-0.05, 0) is 25.1 Å². The highest BCUT2D eigenvalue weighted by Crippen LogP contribution is 2.20. The van der Waals surface area contributed by atoms with Gasteiger partial charge in [-0.1, -0.05) is 11.6 Å². The summed E-state index contributed by atoms with van der Waals surface area (Å²) in [6, 6.07) is 4.66. The first kappa shape index (κ1) is 16.7. The van der Waals surface area contributed by atoms with Crippen molar-refractivity contribution in [2.24, 2.45) is 5.73 Å². The van der Waals surface area contributed by atoms with Gasteiger partial charge in [0.15, 0.2) is 0 Å². The fourth-order valence-corrected chi connectivity index (χ4v) is 1.44. The summed E-state index contributed by atoms with van der Waals surface area (Å²) in [5.41, 5.74) is 5.92. The van der Waals surface area contributed by atoms with E-state index in [2.05, 4.69) is 10.6 Å². The summed E-state index contributed by atoms with van der Waals surface area (Å²) in [5.74, 6) is -0.653.